The fourth-order valence-corrected chi connectivity index (χ4v) is 0.806. The molecule has 1 aliphatic rings. The zero-order valence-corrected chi connectivity index (χ0v) is 5.41. The summed E-state index contributed by atoms with van der Waals surface area (Å²) in [6.07, 6.45) is 0.815. The van der Waals surface area contributed by atoms with Crippen molar-refractivity contribution in [2.75, 3.05) is 0 Å². The van der Waals surface area contributed by atoms with Gasteiger partial charge in [-0.2, -0.15) is 0 Å². The molecule has 0 aliphatic heterocycles. The lowest BCUT2D eigenvalue weighted by atomic mass is 10.1. The predicted molar refractivity (Wildman–Crippen MR) is 33.3 cm³/mol. The van der Waals surface area contributed by atoms with Gasteiger partial charge in [0.2, 0.25) is 0 Å². The Kier molecular flexibility index (Phi) is 1.72. The van der Waals surface area contributed by atoms with Crippen LogP contribution in [-0.4, -0.2) is 22.9 Å². The van der Waals surface area contributed by atoms with Crippen molar-refractivity contribution >= 4 is 11.8 Å². The number of carboxylic acid groups (broad SMARTS) is 1. The van der Waals surface area contributed by atoms with Crippen LogP contribution in [0.2, 0.25) is 0 Å². The molecule has 0 saturated heterocycles. The van der Waals surface area contributed by atoms with Crippen LogP contribution in [0, 0.1) is 5.92 Å². The van der Waals surface area contributed by atoms with Crippen molar-refractivity contribution in [3.8, 4) is 0 Å². The Morgan fingerprint density at radius 1 is 1.90 bits per heavy atom. The summed E-state index contributed by atoms with van der Waals surface area (Å²) in [5, 5.41) is 8.31. The smallest absolute Gasteiger partial charge is 0.320 e. The highest BCUT2D eigenvalue weighted by molar-refractivity contribution is 5.96. The van der Waals surface area contributed by atoms with E-state index in [1.54, 1.807) is 0 Å². The van der Waals surface area contributed by atoms with E-state index in [1.807, 2.05) is 0 Å². The van der Waals surface area contributed by atoms with Crippen LogP contribution in [0.5, 0.6) is 0 Å². The molecule has 4 nitrogen and oxygen atoms in total. The maximum atomic E-state index is 10.4. The summed E-state index contributed by atoms with van der Waals surface area (Å²) in [5.74, 6) is -0.956. The first kappa shape index (κ1) is 7.21. The van der Waals surface area contributed by atoms with Gasteiger partial charge in [0.05, 0.1) is 0 Å². The highest BCUT2D eigenvalue weighted by atomic mass is 16.4. The third-order valence-corrected chi connectivity index (χ3v) is 1.60. The second kappa shape index (κ2) is 2.38. The van der Waals surface area contributed by atoms with E-state index >= 15 is 0 Å². The molecule has 0 aromatic carbocycles. The van der Waals surface area contributed by atoms with Gasteiger partial charge in [0.25, 0.3) is 0 Å². The van der Waals surface area contributed by atoms with Gasteiger partial charge in [0, 0.05) is 12.3 Å². The SMILES string of the molecule is N[C@@H](C[C@@H]1CC1=O)C(=O)O. The van der Waals surface area contributed by atoms with Crippen molar-refractivity contribution in [3.05, 3.63) is 0 Å². The zero-order valence-electron chi connectivity index (χ0n) is 5.41. The van der Waals surface area contributed by atoms with Crippen molar-refractivity contribution in [1.82, 2.24) is 0 Å². The molecule has 1 saturated carbocycles. The molecule has 0 radical (unpaired) electrons. The van der Waals surface area contributed by atoms with Gasteiger partial charge in [-0.15, -0.1) is 0 Å². The number of carbonyl (C=O) groups is 2. The molecule has 0 bridgehead atoms. The number of hydrogen-bond donors (Lipinski definition) is 2. The first-order valence-corrected chi connectivity index (χ1v) is 3.12. The molecule has 4 heteroatoms. The molecule has 1 fully saturated rings. The van der Waals surface area contributed by atoms with Crippen LogP contribution in [-0.2, 0) is 9.59 Å². The molecule has 2 atom stereocenters. The minimum atomic E-state index is -1.03. The maximum absolute atomic E-state index is 10.4. The molecule has 0 amide bonds. The van der Waals surface area contributed by atoms with Crippen molar-refractivity contribution in [1.29, 1.82) is 0 Å². The second-order valence-electron chi connectivity index (χ2n) is 2.55. The number of carboxylic acids is 1. The fourth-order valence-electron chi connectivity index (χ4n) is 0.806. The van der Waals surface area contributed by atoms with Crippen molar-refractivity contribution in [2.45, 2.75) is 18.9 Å². The Bertz CT molecular complexity index is 178. The van der Waals surface area contributed by atoms with Gasteiger partial charge in [0.1, 0.15) is 11.8 Å². The molecule has 0 spiro atoms. The molecule has 1 aliphatic carbocycles. The van der Waals surface area contributed by atoms with E-state index in [1.165, 1.54) is 0 Å². The number of rotatable bonds is 3. The highest BCUT2D eigenvalue weighted by Crippen LogP contribution is 2.28. The van der Waals surface area contributed by atoms with Crippen LogP contribution in [0.25, 0.3) is 0 Å². The Morgan fingerprint density at radius 2 is 2.40 bits per heavy atom. The average molecular weight is 143 g/mol. The van der Waals surface area contributed by atoms with E-state index in [0.717, 1.165) is 0 Å². The molecule has 0 unspecified atom stereocenters. The normalized spacial score (nSPS) is 26.1. The van der Waals surface area contributed by atoms with E-state index in [4.69, 9.17) is 10.8 Å². The van der Waals surface area contributed by atoms with Gasteiger partial charge in [-0.05, 0) is 6.42 Å². The Hall–Kier alpha value is -0.900. The van der Waals surface area contributed by atoms with E-state index < -0.39 is 12.0 Å². The molecule has 10 heavy (non-hydrogen) atoms. The summed E-state index contributed by atoms with van der Waals surface area (Å²) in [6.45, 7) is 0. The summed E-state index contributed by atoms with van der Waals surface area (Å²) >= 11 is 0. The minimum Gasteiger partial charge on any atom is -0.480 e. The third kappa shape index (κ3) is 1.54. The lowest BCUT2D eigenvalue weighted by molar-refractivity contribution is -0.138. The molecular weight excluding hydrogens is 134 g/mol. The van der Waals surface area contributed by atoms with Gasteiger partial charge in [-0.25, -0.2) is 0 Å². The topological polar surface area (TPSA) is 80.4 Å². The van der Waals surface area contributed by atoms with Crippen LogP contribution in [0.1, 0.15) is 12.8 Å². The quantitative estimate of drug-likeness (QED) is 0.551. The molecule has 0 aromatic rings. The molecule has 3 N–H and O–H groups in total. The van der Waals surface area contributed by atoms with Gasteiger partial charge in [-0.1, -0.05) is 0 Å². The third-order valence-electron chi connectivity index (χ3n) is 1.60. The molecular formula is C6H9NO3. The number of Topliss-reactive ketones (excluding diaryl/α,β-unsaturated/α-hetero) is 1. The van der Waals surface area contributed by atoms with Crippen LogP contribution in [0.15, 0.2) is 0 Å². The number of carbonyl (C=O) groups excluding carboxylic acids is 1. The van der Waals surface area contributed by atoms with Crippen molar-refractivity contribution in [2.24, 2.45) is 11.7 Å². The Morgan fingerprint density at radius 3 is 2.70 bits per heavy atom. The van der Waals surface area contributed by atoms with E-state index in [-0.39, 0.29) is 11.7 Å². The predicted octanol–water partition coefficient (Wildman–Crippen LogP) is -0.623. The highest BCUT2D eigenvalue weighted by Gasteiger charge is 2.36. The maximum Gasteiger partial charge on any atom is 0.320 e. The van der Waals surface area contributed by atoms with E-state index in [9.17, 15) is 9.59 Å². The van der Waals surface area contributed by atoms with Gasteiger partial charge in [0.15, 0.2) is 0 Å². The van der Waals surface area contributed by atoms with Gasteiger partial charge < -0.3 is 10.8 Å². The summed E-state index contributed by atoms with van der Waals surface area (Å²) in [6, 6.07) is -0.864. The number of nitrogens with two attached hydrogens (primary N) is 1. The molecule has 56 valence electrons. The zero-order chi connectivity index (χ0) is 7.72. The summed E-state index contributed by atoms with van der Waals surface area (Å²) in [4.78, 5) is 20.5. The van der Waals surface area contributed by atoms with E-state index in [0.29, 0.717) is 12.8 Å². The van der Waals surface area contributed by atoms with Crippen molar-refractivity contribution in [3.63, 3.8) is 0 Å². The van der Waals surface area contributed by atoms with Crippen LogP contribution >= 0.6 is 0 Å². The molecule has 0 aromatic heterocycles. The number of aliphatic carboxylic acids is 1. The summed E-state index contributed by atoms with van der Waals surface area (Å²) < 4.78 is 0. The monoisotopic (exact) mass is 143 g/mol. The first-order chi connectivity index (χ1) is 4.61. The number of hydrogen-bond acceptors (Lipinski definition) is 3. The Labute approximate surface area is 58.0 Å². The summed E-state index contributed by atoms with van der Waals surface area (Å²) in [5.41, 5.74) is 5.17. The fraction of sp³-hybridized carbons (Fsp3) is 0.667. The van der Waals surface area contributed by atoms with Gasteiger partial charge in [-0.3, -0.25) is 9.59 Å². The van der Waals surface area contributed by atoms with E-state index in [2.05, 4.69) is 0 Å². The second-order valence-corrected chi connectivity index (χ2v) is 2.55. The van der Waals surface area contributed by atoms with Gasteiger partial charge >= 0.3 is 5.97 Å². The van der Waals surface area contributed by atoms with Crippen LogP contribution in [0.4, 0.5) is 0 Å². The minimum absolute atomic E-state index is 0.0638. The number of ketones is 1. The average Bonchev–Trinajstić information content (AvgIpc) is 2.46. The van der Waals surface area contributed by atoms with Crippen LogP contribution < -0.4 is 5.73 Å². The lowest BCUT2D eigenvalue weighted by Gasteiger charge is -2.01. The van der Waals surface area contributed by atoms with Crippen molar-refractivity contribution < 1.29 is 14.7 Å². The first-order valence-electron chi connectivity index (χ1n) is 3.12. The molecule has 0 heterocycles. The van der Waals surface area contributed by atoms with Crippen LogP contribution in [0.3, 0.4) is 0 Å². The summed E-state index contributed by atoms with van der Waals surface area (Å²) in [7, 11) is 0. The standard InChI is InChI=1S/C6H9NO3/c7-4(6(9)10)1-3-2-5(3)8/h3-4H,1-2,7H2,(H,9,10)/t3-,4+/m1/s1. The largest absolute Gasteiger partial charge is 0.480 e. The molecule has 1 rings (SSSR count). The lowest BCUT2D eigenvalue weighted by Crippen LogP contribution is -2.30. The Balaban J connectivity index is 2.25.